The van der Waals surface area contributed by atoms with Crippen LogP contribution in [0.3, 0.4) is 0 Å². The molecule has 0 amide bonds. The predicted octanol–water partition coefficient (Wildman–Crippen LogP) is 6.97. The quantitative estimate of drug-likeness (QED) is 0.0935. The van der Waals surface area contributed by atoms with E-state index in [9.17, 15) is 0 Å². The summed E-state index contributed by atoms with van der Waals surface area (Å²) >= 11 is 0. The lowest BCUT2D eigenvalue weighted by Crippen LogP contribution is -2.67. The van der Waals surface area contributed by atoms with Crippen molar-refractivity contribution in [3.63, 3.8) is 0 Å². The first kappa shape index (κ1) is 33.9. The summed E-state index contributed by atoms with van der Waals surface area (Å²) in [7, 11) is -5.77. The first-order chi connectivity index (χ1) is 25.8. The van der Waals surface area contributed by atoms with Gasteiger partial charge in [-0.25, -0.2) is 0 Å². The van der Waals surface area contributed by atoms with Gasteiger partial charge >= 0.3 is 0 Å². The minimum atomic E-state index is -2.88. The van der Waals surface area contributed by atoms with Gasteiger partial charge in [0.05, 0.1) is 17.7 Å². The van der Waals surface area contributed by atoms with Gasteiger partial charge in [-0.1, -0.05) is 200 Å². The average molecular weight is 701 g/mol. The maximum Gasteiger partial charge on any atom is 0.287 e. The summed E-state index contributed by atoms with van der Waals surface area (Å²) in [5.74, 6) is 0. The fourth-order valence-corrected chi connectivity index (χ4v) is 13.9. The van der Waals surface area contributed by atoms with Gasteiger partial charge in [0, 0.05) is 11.8 Å². The molecule has 0 atom stereocenters. The van der Waals surface area contributed by atoms with E-state index < -0.39 is 16.5 Å². The fourth-order valence-electron chi connectivity index (χ4n) is 6.60. The molecule has 0 aliphatic carbocycles. The van der Waals surface area contributed by atoms with Crippen molar-refractivity contribution < 1.29 is 0 Å². The number of benzene rings is 7. The third kappa shape index (κ3) is 7.19. The van der Waals surface area contributed by atoms with Gasteiger partial charge in [-0.3, -0.25) is 9.32 Å². The number of hydrogen-bond donors (Lipinski definition) is 0. The maximum atomic E-state index is 5.48. The van der Waals surface area contributed by atoms with Crippen molar-refractivity contribution in [1.82, 2.24) is 0 Å². The number of rotatable bonds is 8. The number of fused-ring (bicyclic) bond motifs is 1. The molecule has 1 aliphatic rings. The maximum absolute atomic E-state index is 5.48. The fraction of sp³-hybridized carbons (Fsp3) is 0. The molecule has 1 heterocycles. The summed E-state index contributed by atoms with van der Waals surface area (Å²) in [4.78, 5) is 7.80. The van der Waals surface area contributed by atoms with Gasteiger partial charge in [-0.05, 0) is 43.3 Å². The molecule has 248 valence electrons. The molecule has 0 spiro atoms. The third-order valence-corrected chi connectivity index (χ3v) is 17.0. The summed E-state index contributed by atoms with van der Waals surface area (Å²) in [6.07, 6.45) is 3.61. The highest BCUT2D eigenvalue weighted by Gasteiger charge is 2.42. The lowest BCUT2D eigenvalue weighted by atomic mass is 10.2. The zero-order valence-electron chi connectivity index (χ0n) is 28.6. The molecule has 7 aromatic carbocycles. The highest BCUT2D eigenvalue weighted by molar-refractivity contribution is 7.12. The van der Waals surface area contributed by atoms with Gasteiger partial charge in [0.1, 0.15) is 0 Å². The van der Waals surface area contributed by atoms with Crippen LogP contribution in [0.4, 0.5) is 5.69 Å². The van der Waals surface area contributed by atoms with E-state index in [-0.39, 0.29) is 0 Å². The molecule has 0 fully saturated rings. The van der Waals surface area contributed by atoms with Crippen LogP contribution in [0.25, 0.3) is 6.08 Å². The van der Waals surface area contributed by atoms with Crippen LogP contribution in [0.2, 0.25) is 0 Å². The highest BCUT2D eigenvalue weighted by atomic mass is 28.3. The van der Waals surface area contributed by atoms with Crippen LogP contribution < -0.4 is 31.1 Å². The van der Waals surface area contributed by atoms with Gasteiger partial charge < -0.3 is 0 Å². The minimum absolute atomic E-state index is 0.921. The molecule has 4 nitrogen and oxygen atoms in total. The Morgan fingerprint density at radius 1 is 0.385 bits per heavy atom. The molecule has 6 heteroatoms. The molecule has 0 aromatic heterocycles. The molecule has 0 radical (unpaired) electrons. The molecule has 52 heavy (non-hydrogen) atoms. The van der Waals surface area contributed by atoms with Crippen molar-refractivity contribution >= 4 is 71.4 Å². The van der Waals surface area contributed by atoms with Gasteiger partial charge in [0.25, 0.3) is 16.5 Å². The molecular formula is C46H36N4Si2. The van der Waals surface area contributed by atoms with E-state index >= 15 is 0 Å². The smallest absolute Gasteiger partial charge is 0.250 e. The molecule has 0 saturated heterocycles. The minimum Gasteiger partial charge on any atom is -0.250 e. The van der Waals surface area contributed by atoms with Crippen LogP contribution in [-0.4, -0.2) is 28.5 Å². The number of para-hydroxylation sites is 1. The van der Waals surface area contributed by atoms with E-state index in [1.165, 1.54) is 31.1 Å². The van der Waals surface area contributed by atoms with Gasteiger partial charge in [-0.15, -0.1) is 0 Å². The molecule has 1 aliphatic heterocycles. The van der Waals surface area contributed by atoms with E-state index in [1.54, 1.807) is 6.20 Å². The predicted molar refractivity (Wildman–Crippen MR) is 223 cm³/mol. The van der Waals surface area contributed by atoms with Crippen LogP contribution in [0.15, 0.2) is 232 Å². The van der Waals surface area contributed by atoms with Crippen molar-refractivity contribution in [2.75, 3.05) is 0 Å². The van der Waals surface area contributed by atoms with Gasteiger partial charge in [0.2, 0.25) is 0 Å². The van der Waals surface area contributed by atoms with E-state index in [4.69, 9.17) is 9.32 Å². The Hall–Kier alpha value is -6.53. The zero-order valence-corrected chi connectivity index (χ0v) is 30.6. The first-order valence-electron chi connectivity index (χ1n) is 17.2. The van der Waals surface area contributed by atoms with Crippen molar-refractivity contribution in [2.24, 2.45) is 19.3 Å². The Bertz CT molecular complexity index is 2030. The van der Waals surface area contributed by atoms with Crippen molar-refractivity contribution in [3.8, 4) is 0 Å². The number of hydrogen-bond acceptors (Lipinski definition) is 4. The van der Waals surface area contributed by atoms with Crippen LogP contribution in [-0.2, 0) is 0 Å². The van der Waals surface area contributed by atoms with E-state index in [1.807, 2.05) is 30.3 Å². The summed E-state index contributed by atoms with van der Waals surface area (Å²) in [6.45, 7) is 0. The Balaban J connectivity index is 0.000000324. The first-order valence-corrected chi connectivity index (χ1v) is 21.1. The second-order valence-corrected chi connectivity index (χ2v) is 18.9. The molecule has 0 unspecified atom stereocenters. The van der Waals surface area contributed by atoms with Crippen LogP contribution in [0.5, 0.6) is 0 Å². The second-order valence-electron chi connectivity index (χ2n) is 12.2. The van der Waals surface area contributed by atoms with Crippen molar-refractivity contribution in [2.45, 2.75) is 0 Å². The molecule has 0 N–H and O–H groups in total. The lowest BCUT2D eigenvalue weighted by molar-refractivity contribution is 1.52. The molecule has 8 rings (SSSR count). The third-order valence-electron chi connectivity index (χ3n) is 9.08. The van der Waals surface area contributed by atoms with Gasteiger partial charge in [0.15, 0.2) is 0 Å². The Kier molecular flexibility index (Phi) is 10.7. The van der Waals surface area contributed by atoms with Crippen LogP contribution in [0.1, 0.15) is 5.56 Å². The highest BCUT2D eigenvalue weighted by Crippen LogP contribution is 2.20. The van der Waals surface area contributed by atoms with Crippen molar-refractivity contribution in [3.05, 3.63) is 218 Å². The molecular weight excluding hydrogens is 665 g/mol. The van der Waals surface area contributed by atoms with Gasteiger partial charge in [-0.2, -0.15) is 9.98 Å². The van der Waals surface area contributed by atoms with E-state index in [0.29, 0.717) is 0 Å². The van der Waals surface area contributed by atoms with Crippen LogP contribution in [0, 0.1) is 0 Å². The lowest BCUT2D eigenvalue weighted by Gasteiger charge is -2.29. The zero-order chi connectivity index (χ0) is 35.3. The molecule has 0 bridgehead atoms. The monoisotopic (exact) mass is 700 g/mol. The SMILES string of the molecule is C(=N[Si](c1ccccc1)(c1ccccc1)c1ccccc1)=N[Si](c1ccccc1)(c1ccccc1)c1ccccc1.C1=NC=Cc2ccccc2N=1. The number of aliphatic imine (C=N–C) groups is 2. The molecule has 7 aromatic rings. The second kappa shape index (κ2) is 16.5. The number of nitrogens with zero attached hydrogens (tertiary/aromatic N) is 4. The Morgan fingerprint density at radius 2 is 0.692 bits per heavy atom. The summed E-state index contributed by atoms with van der Waals surface area (Å²) in [6, 6.07) is 77.9. The largest absolute Gasteiger partial charge is 0.287 e. The van der Waals surface area contributed by atoms with Crippen molar-refractivity contribution in [1.29, 1.82) is 0 Å². The Labute approximate surface area is 307 Å². The summed E-state index contributed by atoms with van der Waals surface area (Å²) < 4.78 is 11.0. The van der Waals surface area contributed by atoms with E-state index in [2.05, 4.69) is 204 Å². The summed E-state index contributed by atoms with van der Waals surface area (Å²) in [5.41, 5.74) is 2.01. The Morgan fingerprint density at radius 3 is 1.04 bits per heavy atom. The van der Waals surface area contributed by atoms with Crippen LogP contribution >= 0.6 is 0 Å². The topological polar surface area (TPSA) is 49.4 Å². The molecule has 0 saturated carbocycles. The average Bonchev–Trinajstić information content (AvgIpc) is 3.49. The normalized spacial score (nSPS) is 11.6. The summed E-state index contributed by atoms with van der Waals surface area (Å²) in [5, 5.41) is 7.20. The standard InChI is InChI=1S/C37H30N2Si2.C9H6N2/c1-7-19-32(20-8-1)40(33-21-9-2-10-22-33,34-23-11-3-12-24-34)38-31-39-41(35-25-13-4-14-26-35,36-27-15-5-16-28-36)37-29-17-6-18-30-37;1-2-4-9-8(3-1)5-6-10-7-11-9/h1-30H;1-6H. The van der Waals surface area contributed by atoms with E-state index in [0.717, 1.165) is 11.3 Å².